The molecule has 0 spiro atoms. The van der Waals surface area contributed by atoms with Crippen LogP contribution in [-0.4, -0.2) is 43.7 Å². The lowest BCUT2D eigenvalue weighted by Crippen LogP contribution is -2.38. The molecule has 5 rings (SSSR count). The summed E-state index contributed by atoms with van der Waals surface area (Å²) >= 11 is 0. The molecule has 170 valence electrons. The number of carbonyl (C=O) groups excluding carboxylic acids is 1. The van der Waals surface area contributed by atoms with Gasteiger partial charge in [0.2, 0.25) is 5.91 Å². The first-order valence-corrected chi connectivity index (χ1v) is 11.7. The maximum atomic E-state index is 13.1. The molecule has 0 unspecified atom stereocenters. The van der Waals surface area contributed by atoms with E-state index < -0.39 is 0 Å². The Labute approximate surface area is 193 Å². The number of aryl methyl sites for hydroxylation is 1. The van der Waals surface area contributed by atoms with Gasteiger partial charge >= 0.3 is 0 Å². The number of hydrogen-bond acceptors (Lipinski definition) is 5. The van der Waals surface area contributed by atoms with Crippen LogP contribution in [0.25, 0.3) is 0 Å². The summed E-state index contributed by atoms with van der Waals surface area (Å²) in [6.07, 6.45) is 6.49. The van der Waals surface area contributed by atoms with Crippen LogP contribution in [0.2, 0.25) is 0 Å². The average molecular weight is 444 g/mol. The topological polar surface area (TPSA) is 82.2 Å². The number of fused-ring (bicyclic) bond motifs is 1. The molecule has 0 saturated carbocycles. The predicted octanol–water partition coefficient (Wildman–Crippen LogP) is 2.94. The Hall–Kier alpha value is -3.32. The molecule has 7 nitrogen and oxygen atoms in total. The van der Waals surface area contributed by atoms with E-state index in [0.717, 1.165) is 60.3 Å². The zero-order valence-electron chi connectivity index (χ0n) is 19.0. The number of nitrogens with one attached hydrogen (secondary N) is 1. The Morgan fingerprint density at radius 1 is 1.18 bits per heavy atom. The number of rotatable bonds is 5. The van der Waals surface area contributed by atoms with E-state index in [-0.39, 0.29) is 17.5 Å². The number of nitrogens with zero attached hydrogens (tertiary/aromatic N) is 4. The van der Waals surface area contributed by atoms with Gasteiger partial charge in [-0.3, -0.25) is 19.5 Å². The maximum absolute atomic E-state index is 13.1. The van der Waals surface area contributed by atoms with Gasteiger partial charge in [-0.15, -0.1) is 0 Å². The van der Waals surface area contributed by atoms with Crippen LogP contribution in [0.5, 0.6) is 0 Å². The largest absolute Gasteiger partial charge is 0.332 e. The highest BCUT2D eigenvalue weighted by atomic mass is 16.2. The van der Waals surface area contributed by atoms with Gasteiger partial charge in [0.25, 0.3) is 5.56 Å². The average Bonchev–Trinajstić information content (AvgIpc) is 3.32. The molecular formula is C26H29N5O2. The van der Waals surface area contributed by atoms with Crippen molar-refractivity contribution >= 4 is 5.91 Å². The lowest BCUT2D eigenvalue weighted by atomic mass is 10.0. The zero-order valence-corrected chi connectivity index (χ0v) is 19.0. The van der Waals surface area contributed by atoms with Crippen LogP contribution in [0.3, 0.4) is 0 Å². The first kappa shape index (κ1) is 21.5. The molecule has 1 atom stereocenters. The second kappa shape index (κ2) is 9.27. The SMILES string of the molecule is Cc1ccccc1CC(=O)N1CCC[C@H]1c1nc2c(c(=O)[nH]1)CN(Cc1cccnc1)CC2. The number of likely N-dealkylation sites (tertiary alicyclic amines) is 1. The van der Waals surface area contributed by atoms with E-state index in [1.54, 1.807) is 6.20 Å². The van der Waals surface area contributed by atoms with Crippen molar-refractivity contribution in [3.8, 4) is 0 Å². The van der Waals surface area contributed by atoms with Gasteiger partial charge in [-0.1, -0.05) is 30.3 Å². The summed E-state index contributed by atoms with van der Waals surface area (Å²) < 4.78 is 0. The minimum atomic E-state index is -0.159. The number of pyridine rings is 1. The van der Waals surface area contributed by atoms with Gasteiger partial charge in [-0.2, -0.15) is 0 Å². The summed E-state index contributed by atoms with van der Waals surface area (Å²) in [4.78, 5) is 42.4. The molecule has 1 fully saturated rings. The van der Waals surface area contributed by atoms with E-state index in [2.05, 4.69) is 20.9 Å². The van der Waals surface area contributed by atoms with Crippen molar-refractivity contribution in [2.45, 2.75) is 51.7 Å². The lowest BCUT2D eigenvalue weighted by Gasteiger charge is -2.29. The fourth-order valence-electron chi connectivity index (χ4n) is 4.97. The van der Waals surface area contributed by atoms with Crippen molar-refractivity contribution in [2.24, 2.45) is 0 Å². The van der Waals surface area contributed by atoms with Crippen LogP contribution in [-0.2, 0) is 30.7 Å². The van der Waals surface area contributed by atoms with Crippen LogP contribution >= 0.6 is 0 Å². The molecule has 1 saturated heterocycles. The highest BCUT2D eigenvalue weighted by molar-refractivity contribution is 5.79. The molecule has 1 N–H and O–H groups in total. The molecule has 2 aliphatic rings. The number of carbonyl (C=O) groups is 1. The number of amides is 1. The van der Waals surface area contributed by atoms with Crippen molar-refractivity contribution in [2.75, 3.05) is 13.1 Å². The summed E-state index contributed by atoms with van der Waals surface area (Å²) in [7, 11) is 0. The van der Waals surface area contributed by atoms with Gasteiger partial charge in [0.15, 0.2) is 0 Å². The van der Waals surface area contributed by atoms with Crippen LogP contribution < -0.4 is 5.56 Å². The lowest BCUT2D eigenvalue weighted by molar-refractivity contribution is -0.131. The highest BCUT2D eigenvalue weighted by Crippen LogP contribution is 2.31. The molecule has 1 aromatic carbocycles. The Kier molecular flexibility index (Phi) is 6.05. The molecule has 33 heavy (non-hydrogen) atoms. The molecule has 2 aliphatic heterocycles. The molecule has 2 aromatic heterocycles. The molecule has 0 bridgehead atoms. The predicted molar refractivity (Wildman–Crippen MR) is 125 cm³/mol. The molecule has 1 amide bonds. The minimum absolute atomic E-state index is 0.0795. The normalized spacial score (nSPS) is 18.3. The Balaban J connectivity index is 1.33. The van der Waals surface area contributed by atoms with Gasteiger partial charge in [-0.25, -0.2) is 4.98 Å². The monoisotopic (exact) mass is 443 g/mol. The third kappa shape index (κ3) is 4.59. The van der Waals surface area contributed by atoms with Crippen LogP contribution in [0.4, 0.5) is 0 Å². The minimum Gasteiger partial charge on any atom is -0.332 e. The van der Waals surface area contributed by atoms with Crippen molar-refractivity contribution in [1.82, 2.24) is 24.8 Å². The van der Waals surface area contributed by atoms with Gasteiger partial charge in [0, 0.05) is 45.0 Å². The Bertz CT molecular complexity index is 1210. The number of hydrogen-bond donors (Lipinski definition) is 1. The zero-order chi connectivity index (χ0) is 22.8. The quantitative estimate of drug-likeness (QED) is 0.656. The summed E-state index contributed by atoms with van der Waals surface area (Å²) in [5.74, 6) is 0.727. The van der Waals surface area contributed by atoms with E-state index in [1.165, 1.54) is 0 Å². The number of H-pyrrole nitrogens is 1. The summed E-state index contributed by atoms with van der Waals surface area (Å²) in [6, 6.07) is 11.8. The molecule has 4 heterocycles. The van der Waals surface area contributed by atoms with E-state index in [0.29, 0.717) is 25.3 Å². The Morgan fingerprint density at radius 2 is 2.06 bits per heavy atom. The number of aromatic amines is 1. The van der Waals surface area contributed by atoms with Crippen LogP contribution in [0.1, 0.15) is 52.7 Å². The van der Waals surface area contributed by atoms with Gasteiger partial charge < -0.3 is 9.88 Å². The Morgan fingerprint density at radius 3 is 2.88 bits per heavy atom. The number of aromatic nitrogens is 3. The van der Waals surface area contributed by atoms with Crippen molar-refractivity contribution in [3.05, 3.63) is 92.9 Å². The summed E-state index contributed by atoms with van der Waals surface area (Å²) in [6.45, 7) is 4.92. The smallest absolute Gasteiger partial charge is 0.255 e. The third-order valence-corrected chi connectivity index (χ3v) is 6.79. The molecule has 0 radical (unpaired) electrons. The fourth-order valence-corrected chi connectivity index (χ4v) is 4.97. The van der Waals surface area contributed by atoms with E-state index in [1.807, 2.05) is 48.4 Å². The van der Waals surface area contributed by atoms with Crippen molar-refractivity contribution in [1.29, 1.82) is 0 Å². The molecule has 3 aromatic rings. The van der Waals surface area contributed by atoms with Crippen molar-refractivity contribution < 1.29 is 4.79 Å². The number of benzene rings is 1. The van der Waals surface area contributed by atoms with Crippen LogP contribution in [0.15, 0.2) is 53.6 Å². The second-order valence-electron chi connectivity index (χ2n) is 9.05. The summed E-state index contributed by atoms with van der Waals surface area (Å²) in [5.41, 5.74) is 4.84. The molecular weight excluding hydrogens is 414 g/mol. The standard InChI is InChI=1S/C26H29N5O2/c1-18-6-2-3-8-20(18)14-24(32)31-12-5-9-23(31)25-28-22-10-13-30(17-21(22)26(33)29-25)16-19-7-4-11-27-15-19/h2-4,6-8,11,15,23H,5,9-10,12-14,16-17H2,1H3,(H,28,29,33)/t23-/m0/s1. The first-order chi connectivity index (χ1) is 16.1. The summed E-state index contributed by atoms with van der Waals surface area (Å²) in [5, 5.41) is 0. The molecule has 7 heteroatoms. The van der Waals surface area contributed by atoms with E-state index in [4.69, 9.17) is 4.98 Å². The van der Waals surface area contributed by atoms with Gasteiger partial charge in [0.05, 0.1) is 23.7 Å². The van der Waals surface area contributed by atoms with Gasteiger partial charge in [0.1, 0.15) is 5.82 Å². The maximum Gasteiger partial charge on any atom is 0.255 e. The van der Waals surface area contributed by atoms with Gasteiger partial charge in [-0.05, 0) is 42.5 Å². The highest BCUT2D eigenvalue weighted by Gasteiger charge is 2.33. The van der Waals surface area contributed by atoms with E-state index >= 15 is 0 Å². The van der Waals surface area contributed by atoms with E-state index in [9.17, 15) is 9.59 Å². The third-order valence-electron chi connectivity index (χ3n) is 6.79. The second-order valence-corrected chi connectivity index (χ2v) is 9.05. The van der Waals surface area contributed by atoms with Crippen LogP contribution in [0, 0.1) is 6.92 Å². The first-order valence-electron chi connectivity index (χ1n) is 11.7. The van der Waals surface area contributed by atoms with Crippen molar-refractivity contribution in [3.63, 3.8) is 0 Å². The molecule has 0 aliphatic carbocycles. The fraction of sp³-hybridized carbons (Fsp3) is 0.385.